The van der Waals surface area contributed by atoms with E-state index in [0.717, 1.165) is 0 Å². The molecule has 5 heteroatoms. The maximum absolute atomic E-state index is 10.3. The van der Waals surface area contributed by atoms with Crippen molar-refractivity contribution in [1.82, 2.24) is 0 Å². The van der Waals surface area contributed by atoms with E-state index >= 15 is 0 Å². The first-order chi connectivity index (χ1) is 12.3. The number of rotatable bonds is 11. The number of nitrogens with two attached hydrogens (primary N) is 1. The highest BCUT2D eigenvalue weighted by atomic mass is 16.4. The lowest BCUT2D eigenvalue weighted by Crippen LogP contribution is -2.39. The third kappa shape index (κ3) is 10.2. The maximum atomic E-state index is 10.3. The molecule has 1 rings (SSSR count). The van der Waals surface area contributed by atoms with E-state index < -0.39 is 11.9 Å². The number of benzene rings is 1. The fourth-order valence-electron chi connectivity index (χ4n) is 2.72. The Hall–Kier alpha value is -1.88. The molecule has 0 atom stereocenters. The number of carboxylic acid groups (broad SMARTS) is 2. The summed E-state index contributed by atoms with van der Waals surface area (Å²) >= 11 is 0. The van der Waals surface area contributed by atoms with Crippen LogP contribution < -0.4 is 5.73 Å². The zero-order chi connectivity index (χ0) is 20.0. The number of unbranched alkanes of at least 4 members (excludes halogenated alkanes) is 3. The Morgan fingerprint density at radius 3 is 1.23 bits per heavy atom. The lowest BCUT2D eigenvalue weighted by Gasteiger charge is -2.29. The molecular formula is C21H35NO4. The Balaban J connectivity index is 0.000000485. The number of hydrogen-bond acceptors (Lipinski definition) is 3. The molecule has 0 spiro atoms. The highest BCUT2D eigenvalue weighted by Crippen LogP contribution is 2.24. The van der Waals surface area contributed by atoms with Gasteiger partial charge in [0.2, 0.25) is 0 Å². The minimum absolute atomic E-state index is 0.0833. The van der Waals surface area contributed by atoms with Crippen molar-refractivity contribution in [3.05, 3.63) is 35.4 Å². The molecule has 0 radical (unpaired) electrons. The van der Waals surface area contributed by atoms with Gasteiger partial charge in [-0.15, -0.1) is 0 Å². The number of carboxylic acids is 2. The molecule has 0 saturated carbocycles. The van der Waals surface area contributed by atoms with Crippen molar-refractivity contribution in [2.24, 2.45) is 5.73 Å². The normalized spacial score (nSPS) is 10.8. The summed E-state index contributed by atoms with van der Waals surface area (Å²) in [4.78, 5) is 20.7. The van der Waals surface area contributed by atoms with Crippen LogP contribution in [-0.4, -0.2) is 27.7 Å². The van der Waals surface area contributed by atoms with Gasteiger partial charge in [-0.2, -0.15) is 0 Å². The Morgan fingerprint density at radius 1 is 0.769 bits per heavy atom. The van der Waals surface area contributed by atoms with Gasteiger partial charge in [0, 0.05) is 5.54 Å². The fourth-order valence-corrected chi connectivity index (χ4v) is 2.72. The smallest absolute Gasteiger partial charge is 0.335 e. The summed E-state index contributed by atoms with van der Waals surface area (Å²) in [5, 5.41) is 16.9. The Bertz CT molecular complexity index is 471. The summed E-state index contributed by atoms with van der Waals surface area (Å²) in [6.45, 7) is 6.75. The molecule has 0 fully saturated rings. The van der Waals surface area contributed by atoms with Crippen LogP contribution in [0.4, 0.5) is 0 Å². The maximum Gasteiger partial charge on any atom is 0.335 e. The molecule has 4 N–H and O–H groups in total. The van der Waals surface area contributed by atoms with E-state index in [9.17, 15) is 9.59 Å². The highest BCUT2D eigenvalue weighted by Gasteiger charge is 2.22. The van der Waals surface area contributed by atoms with Crippen LogP contribution in [-0.2, 0) is 0 Å². The van der Waals surface area contributed by atoms with Crippen LogP contribution in [0, 0.1) is 0 Å². The van der Waals surface area contributed by atoms with Crippen molar-refractivity contribution in [3.63, 3.8) is 0 Å². The van der Waals surface area contributed by atoms with Gasteiger partial charge in [0.05, 0.1) is 11.1 Å². The van der Waals surface area contributed by atoms with Crippen LogP contribution in [0.2, 0.25) is 0 Å². The van der Waals surface area contributed by atoms with Gasteiger partial charge in [-0.05, 0) is 43.5 Å². The van der Waals surface area contributed by atoms with Gasteiger partial charge in [0.25, 0.3) is 0 Å². The minimum atomic E-state index is -1.06. The van der Waals surface area contributed by atoms with Gasteiger partial charge < -0.3 is 15.9 Å². The molecule has 1 aromatic carbocycles. The van der Waals surface area contributed by atoms with Crippen molar-refractivity contribution >= 4 is 11.9 Å². The van der Waals surface area contributed by atoms with Gasteiger partial charge in [-0.3, -0.25) is 0 Å². The van der Waals surface area contributed by atoms with Gasteiger partial charge in [0.1, 0.15) is 0 Å². The molecule has 1 aromatic rings. The predicted molar refractivity (Wildman–Crippen MR) is 106 cm³/mol. The average Bonchev–Trinajstić information content (AvgIpc) is 2.64. The molecule has 0 aliphatic heterocycles. The Labute approximate surface area is 157 Å². The summed E-state index contributed by atoms with van der Waals surface area (Å²) in [7, 11) is 0. The van der Waals surface area contributed by atoms with Crippen molar-refractivity contribution in [3.8, 4) is 0 Å². The van der Waals surface area contributed by atoms with Crippen LogP contribution in [0.25, 0.3) is 0 Å². The van der Waals surface area contributed by atoms with Gasteiger partial charge in [-0.25, -0.2) is 9.59 Å². The van der Waals surface area contributed by atoms with E-state index in [-0.39, 0.29) is 16.7 Å². The van der Waals surface area contributed by atoms with Gasteiger partial charge in [-0.1, -0.05) is 59.3 Å². The van der Waals surface area contributed by atoms with E-state index in [4.69, 9.17) is 15.9 Å². The standard InChI is InChI=1S/C13H29N.C8H6O4/c1-4-7-10-13(14,11-8-5-2)12-9-6-3;9-7(10)5-1-2-6(4-3-5)8(11)12/h4-12,14H2,1-3H3;1-4H,(H,9,10)(H,11,12). The van der Waals surface area contributed by atoms with Gasteiger partial charge >= 0.3 is 11.9 Å². The molecule has 5 nitrogen and oxygen atoms in total. The van der Waals surface area contributed by atoms with E-state index in [0.29, 0.717) is 0 Å². The van der Waals surface area contributed by atoms with E-state index in [1.165, 1.54) is 82.1 Å². The monoisotopic (exact) mass is 365 g/mol. The van der Waals surface area contributed by atoms with Crippen molar-refractivity contribution in [2.45, 2.75) is 84.1 Å². The molecule has 0 aromatic heterocycles. The van der Waals surface area contributed by atoms with Crippen LogP contribution in [0.5, 0.6) is 0 Å². The number of aromatic carboxylic acids is 2. The molecule has 0 unspecified atom stereocenters. The number of carbonyl (C=O) groups is 2. The van der Waals surface area contributed by atoms with Crippen molar-refractivity contribution in [2.75, 3.05) is 0 Å². The predicted octanol–water partition coefficient (Wildman–Crippen LogP) is 5.34. The second kappa shape index (κ2) is 13.3. The fraction of sp³-hybridized carbons (Fsp3) is 0.619. The van der Waals surface area contributed by atoms with Crippen LogP contribution >= 0.6 is 0 Å². The second-order valence-electron chi connectivity index (χ2n) is 6.86. The van der Waals surface area contributed by atoms with Gasteiger partial charge in [0.15, 0.2) is 0 Å². The first kappa shape index (κ1) is 24.1. The topological polar surface area (TPSA) is 101 Å². The third-order valence-corrected chi connectivity index (χ3v) is 4.46. The summed E-state index contributed by atoms with van der Waals surface area (Å²) < 4.78 is 0. The molecule has 0 aliphatic rings. The highest BCUT2D eigenvalue weighted by molar-refractivity contribution is 5.91. The Kier molecular flexibility index (Phi) is 12.4. The Morgan fingerprint density at radius 2 is 1.04 bits per heavy atom. The SMILES string of the molecule is CCCCC(N)(CCCC)CCCC.O=C(O)c1ccc(C(=O)O)cc1. The zero-order valence-electron chi connectivity index (χ0n) is 16.5. The van der Waals surface area contributed by atoms with Crippen molar-refractivity contribution in [1.29, 1.82) is 0 Å². The molecule has 148 valence electrons. The first-order valence-corrected chi connectivity index (χ1v) is 9.65. The lowest BCUT2D eigenvalue weighted by molar-refractivity contribution is 0.0681. The number of hydrogen-bond donors (Lipinski definition) is 3. The molecule has 0 saturated heterocycles. The minimum Gasteiger partial charge on any atom is -0.478 e. The van der Waals surface area contributed by atoms with Crippen LogP contribution in [0.1, 0.15) is 99.3 Å². The summed E-state index contributed by atoms with van der Waals surface area (Å²) in [6, 6.07) is 5.02. The zero-order valence-corrected chi connectivity index (χ0v) is 16.5. The lowest BCUT2D eigenvalue weighted by atomic mass is 9.84. The van der Waals surface area contributed by atoms with E-state index in [1.807, 2.05) is 0 Å². The quantitative estimate of drug-likeness (QED) is 0.491. The average molecular weight is 366 g/mol. The second-order valence-corrected chi connectivity index (χ2v) is 6.86. The molecule has 0 heterocycles. The first-order valence-electron chi connectivity index (χ1n) is 9.65. The molecule has 0 aliphatic carbocycles. The van der Waals surface area contributed by atoms with Crippen molar-refractivity contribution < 1.29 is 19.8 Å². The molecule has 0 bridgehead atoms. The third-order valence-electron chi connectivity index (χ3n) is 4.46. The van der Waals surface area contributed by atoms with E-state index in [2.05, 4.69) is 20.8 Å². The summed E-state index contributed by atoms with van der Waals surface area (Å²) in [5.74, 6) is -2.13. The summed E-state index contributed by atoms with van der Waals surface area (Å²) in [6.07, 6.45) is 11.4. The van der Waals surface area contributed by atoms with Crippen LogP contribution in [0.3, 0.4) is 0 Å². The largest absolute Gasteiger partial charge is 0.478 e. The summed E-state index contributed by atoms with van der Waals surface area (Å²) in [5.41, 5.74) is 6.78. The van der Waals surface area contributed by atoms with E-state index in [1.54, 1.807) is 0 Å². The van der Waals surface area contributed by atoms with Crippen LogP contribution in [0.15, 0.2) is 24.3 Å². The molecular weight excluding hydrogens is 330 g/mol. The molecule has 26 heavy (non-hydrogen) atoms. The molecule has 0 amide bonds.